The molecule has 2 saturated carbocycles. The molecule has 3 nitrogen and oxygen atoms in total. The fourth-order valence-electron chi connectivity index (χ4n) is 6.70. The fraction of sp³-hybridized carbons (Fsp3) is 0.440. The third kappa shape index (κ3) is 1.91. The second-order valence-corrected chi connectivity index (χ2v) is 9.34. The number of carbonyl (C=O) groups is 1. The minimum Gasteiger partial charge on any atom is -0.322 e. The molecule has 3 fully saturated rings. The van der Waals surface area contributed by atoms with Crippen molar-refractivity contribution in [2.45, 2.75) is 44.6 Å². The lowest BCUT2D eigenvalue weighted by atomic mass is 9.66. The summed E-state index contributed by atoms with van der Waals surface area (Å²) in [6.45, 7) is 5.28. The molecule has 1 amide bonds. The van der Waals surface area contributed by atoms with Crippen LogP contribution in [-0.4, -0.2) is 22.9 Å². The summed E-state index contributed by atoms with van der Waals surface area (Å²) in [7, 11) is 0. The van der Waals surface area contributed by atoms with E-state index >= 15 is 0 Å². The van der Waals surface area contributed by atoms with Crippen LogP contribution in [-0.2, 0) is 4.79 Å². The number of piperidine rings is 1. The Bertz CT molecular complexity index is 926. The molecule has 2 aliphatic carbocycles. The maximum Gasteiger partial charge on any atom is 0.235 e. The van der Waals surface area contributed by atoms with Gasteiger partial charge in [0.15, 0.2) is 0 Å². The Morgan fingerprint density at radius 2 is 1.64 bits per heavy atom. The monoisotopic (exact) mass is 370 g/mol. The number of carbonyl (C=O) groups excluding carboxylic acids is 1. The Morgan fingerprint density at radius 3 is 2.14 bits per heavy atom. The van der Waals surface area contributed by atoms with E-state index in [0.29, 0.717) is 12.5 Å². The van der Waals surface area contributed by atoms with Crippen LogP contribution in [0.15, 0.2) is 60.7 Å². The average molecular weight is 370 g/mol. The first-order chi connectivity index (χ1) is 13.5. The Kier molecular flexibility index (Phi) is 3.56. The molecule has 0 spiro atoms. The van der Waals surface area contributed by atoms with Crippen LogP contribution in [0.25, 0.3) is 0 Å². The van der Waals surface area contributed by atoms with Crippen LogP contribution in [0.3, 0.4) is 0 Å². The molecule has 5 rings (SSSR count). The molecule has 1 heterocycles. The minimum absolute atomic E-state index is 0.0519. The number of nitrogens with zero attached hydrogens (tertiary/aromatic N) is 2. The molecular formula is C25H26N2O. The lowest BCUT2D eigenvalue weighted by Crippen LogP contribution is -2.55. The van der Waals surface area contributed by atoms with Crippen molar-refractivity contribution < 1.29 is 4.79 Å². The first-order valence-corrected chi connectivity index (χ1v) is 10.3. The number of nitriles is 1. The second-order valence-electron chi connectivity index (χ2n) is 9.34. The van der Waals surface area contributed by atoms with Crippen molar-refractivity contribution >= 4 is 5.91 Å². The van der Waals surface area contributed by atoms with Crippen LogP contribution < -0.4 is 0 Å². The van der Waals surface area contributed by atoms with Gasteiger partial charge in [0, 0.05) is 12.0 Å². The van der Waals surface area contributed by atoms with Crippen molar-refractivity contribution in [1.82, 2.24) is 4.90 Å². The van der Waals surface area contributed by atoms with Crippen LogP contribution in [0.4, 0.5) is 0 Å². The zero-order valence-electron chi connectivity index (χ0n) is 16.6. The van der Waals surface area contributed by atoms with Crippen LogP contribution in [0, 0.1) is 28.1 Å². The molecule has 3 heteroatoms. The molecule has 2 aromatic rings. The molecule has 28 heavy (non-hydrogen) atoms. The van der Waals surface area contributed by atoms with E-state index in [1.165, 1.54) is 6.42 Å². The van der Waals surface area contributed by atoms with Crippen molar-refractivity contribution in [3.8, 4) is 6.07 Å². The average Bonchev–Trinajstić information content (AvgIpc) is 3.18. The van der Waals surface area contributed by atoms with E-state index in [2.05, 4.69) is 19.9 Å². The topological polar surface area (TPSA) is 44.1 Å². The van der Waals surface area contributed by atoms with E-state index in [-0.39, 0.29) is 22.7 Å². The number of likely N-dealkylation sites (tertiary alicyclic amines) is 1. The van der Waals surface area contributed by atoms with E-state index in [9.17, 15) is 10.1 Å². The van der Waals surface area contributed by atoms with Crippen LogP contribution in [0.2, 0.25) is 0 Å². The Labute approximate surface area is 167 Å². The molecule has 4 bridgehead atoms. The van der Waals surface area contributed by atoms with Gasteiger partial charge in [0.25, 0.3) is 0 Å². The molecule has 1 saturated heterocycles. The predicted octanol–water partition coefficient (Wildman–Crippen LogP) is 4.75. The van der Waals surface area contributed by atoms with Gasteiger partial charge in [-0.25, -0.2) is 0 Å². The van der Waals surface area contributed by atoms with Gasteiger partial charge in [-0.05, 0) is 41.7 Å². The largest absolute Gasteiger partial charge is 0.322 e. The highest BCUT2D eigenvalue weighted by Crippen LogP contribution is 2.75. The summed E-state index contributed by atoms with van der Waals surface area (Å²) in [6.07, 6.45) is 3.07. The zero-order valence-corrected chi connectivity index (χ0v) is 16.6. The maximum absolute atomic E-state index is 14.0. The molecule has 142 valence electrons. The second kappa shape index (κ2) is 5.70. The highest BCUT2D eigenvalue weighted by Gasteiger charge is 2.79. The van der Waals surface area contributed by atoms with Crippen molar-refractivity contribution in [1.29, 1.82) is 5.26 Å². The highest BCUT2D eigenvalue weighted by atomic mass is 16.2. The third-order valence-electron chi connectivity index (χ3n) is 8.52. The fourth-order valence-corrected chi connectivity index (χ4v) is 6.70. The molecule has 1 aliphatic heterocycles. The number of benzene rings is 2. The van der Waals surface area contributed by atoms with Crippen molar-refractivity contribution in [3.05, 3.63) is 71.8 Å². The molecule has 0 radical (unpaired) electrons. The standard InChI is InChI=1S/C25H26N2O/c1-23-17-27(25(16-26)15-20(23)13-14-24(23,25)2)22(28)21(18-9-5-3-6-10-18)19-11-7-4-8-12-19/h3-12,20-21H,13-15,17H2,1-2H3/t20-,23+,24-,25-/m1/s1. The normalized spacial score (nSPS) is 35.4. The van der Waals surface area contributed by atoms with Gasteiger partial charge in [-0.15, -0.1) is 0 Å². The first-order valence-electron chi connectivity index (χ1n) is 10.3. The molecular weight excluding hydrogens is 344 g/mol. The molecule has 4 atom stereocenters. The van der Waals surface area contributed by atoms with E-state index in [1.807, 2.05) is 65.6 Å². The van der Waals surface area contributed by atoms with Crippen molar-refractivity contribution in [2.75, 3.05) is 6.54 Å². The lowest BCUT2D eigenvalue weighted by molar-refractivity contribution is -0.138. The summed E-state index contributed by atoms with van der Waals surface area (Å²) in [5.41, 5.74) is 1.28. The highest BCUT2D eigenvalue weighted by molar-refractivity contribution is 5.89. The van der Waals surface area contributed by atoms with Gasteiger partial charge in [0.1, 0.15) is 5.54 Å². The number of hydrogen-bond acceptors (Lipinski definition) is 2. The minimum atomic E-state index is -0.663. The molecule has 2 aromatic carbocycles. The quantitative estimate of drug-likeness (QED) is 0.783. The summed E-state index contributed by atoms with van der Waals surface area (Å²) in [4.78, 5) is 16.0. The van der Waals surface area contributed by atoms with Gasteiger partial charge in [0.05, 0.1) is 12.0 Å². The molecule has 0 N–H and O–H groups in total. The van der Waals surface area contributed by atoms with Gasteiger partial charge < -0.3 is 4.90 Å². The zero-order chi connectivity index (χ0) is 19.6. The van der Waals surface area contributed by atoms with Crippen molar-refractivity contribution in [2.24, 2.45) is 16.7 Å². The predicted molar refractivity (Wildman–Crippen MR) is 108 cm³/mol. The number of amides is 1. The summed E-state index contributed by atoms with van der Waals surface area (Å²) in [5, 5.41) is 10.3. The molecule has 3 aliphatic rings. The van der Waals surface area contributed by atoms with E-state index in [1.54, 1.807) is 0 Å². The first kappa shape index (κ1) is 17.5. The maximum atomic E-state index is 14.0. The van der Waals surface area contributed by atoms with Gasteiger partial charge >= 0.3 is 0 Å². The Morgan fingerprint density at radius 1 is 1.07 bits per heavy atom. The van der Waals surface area contributed by atoms with Crippen LogP contribution >= 0.6 is 0 Å². The van der Waals surface area contributed by atoms with Gasteiger partial charge in [-0.1, -0.05) is 74.5 Å². The summed E-state index contributed by atoms with van der Waals surface area (Å²) < 4.78 is 0. The number of rotatable bonds is 3. The lowest BCUT2D eigenvalue weighted by Gasteiger charge is -2.44. The summed E-state index contributed by atoms with van der Waals surface area (Å²) in [6, 6.07) is 22.7. The summed E-state index contributed by atoms with van der Waals surface area (Å²) >= 11 is 0. The summed E-state index contributed by atoms with van der Waals surface area (Å²) in [5.74, 6) is 0.278. The molecule has 0 aromatic heterocycles. The van der Waals surface area contributed by atoms with E-state index in [4.69, 9.17) is 0 Å². The molecule has 0 unspecified atom stereocenters. The SMILES string of the molecule is C[C@]12CC[C@@H]3C[C@]1(C#N)N(C(=O)C(c1ccccc1)c1ccccc1)C[C@@]32C. The van der Waals surface area contributed by atoms with Gasteiger partial charge in [-0.2, -0.15) is 5.26 Å². The Hall–Kier alpha value is -2.60. The number of hydrogen-bond donors (Lipinski definition) is 0. The van der Waals surface area contributed by atoms with Gasteiger partial charge in [0.2, 0.25) is 5.91 Å². The third-order valence-corrected chi connectivity index (χ3v) is 8.52. The van der Waals surface area contributed by atoms with E-state index < -0.39 is 5.54 Å². The van der Waals surface area contributed by atoms with Crippen molar-refractivity contribution in [3.63, 3.8) is 0 Å². The van der Waals surface area contributed by atoms with Crippen LogP contribution in [0.5, 0.6) is 0 Å². The van der Waals surface area contributed by atoms with Gasteiger partial charge in [-0.3, -0.25) is 4.79 Å². The van der Waals surface area contributed by atoms with Crippen LogP contribution in [0.1, 0.15) is 50.2 Å². The van der Waals surface area contributed by atoms with E-state index in [0.717, 1.165) is 24.0 Å². The smallest absolute Gasteiger partial charge is 0.235 e. The Balaban J connectivity index is 1.61.